The molecule has 0 unspecified atom stereocenters. The molecule has 0 bridgehead atoms. The van der Waals surface area contributed by atoms with Crippen LogP contribution in [0.3, 0.4) is 0 Å². The molecule has 3 rings (SSSR count). The van der Waals surface area contributed by atoms with E-state index in [4.69, 9.17) is 4.42 Å². The van der Waals surface area contributed by atoms with Gasteiger partial charge < -0.3 is 9.73 Å². The van der Waals surface area contributed by atoms with Crippen LogP contribution >= 0.6 is 0 Å². The van der Waals surface area contributed by atoms with Crippen molar-refractivity contribution >= 4 is 11.0 Å². The van der Waals surface area contributed by atoms with Gasteiger partial charge in [-0.05, 0) is 26.0 Å². The first kappa shape index (κ1) is 12.7. The summed E-state index contributed by atoms with van der Waals surface area (Å²) < 4.78 is 5.87. The van der Waals surface area contributed by atoms with Crippen molar-refractivity contribution in [2.75, 3.05) is 19.6 Å². The Bertz CT molecular complexity index is 557. The fourth-order valence-corrected chi connectivity index (χ4v) is 2.83. The molecule has 1 saturated heterocycles. The maximum absolute atomic E-state index is 5.87. The quantitative estimate of drug-likeness (QED) is 0.894. The third kappa shape index (κ3) is 2.40. The molecule has 1 aliphatic rings. The number of furan rings is 1. The molecule has 19 heavy (non-hydrogen) atoms. The summed E-state index contributed by atoms with van der Waals surface area (Å²) in [6.07, 6.45) is 1.20. The number of nitrogens with one attached hydrogen (secondary N) is 1. The lowest BCUT2D eigenvalue weighted by Gasteiger charge is -2.38. The molecule has 0 amide bonds. The second kappa shape index (κ2) is 5.35. The maximum atomic E-state index is 5.87. The topological polar surface area (TPSA) is 28.4 Å². The summed E-state index contributed by atoms with van der Waals surface area (Å²) in [5.41, 5.74) is 2.37. The average Bonchev–Trinajstić information content (AvgIpc) is 2.64. The van der Waals surface area contributed by atoms with Crippen molar-refractivity contribution in [3.8, 4) is 0 Å². The molecule has 0 spiro atoms. The normalized spacial score (nSPS) is 16.2. The van der Waals surface area contributed by atoms with Crippen molar-refractivity contribution in [3.05, 3.63) is 35.6 Å². The van der Waals surface area contributed by atoms with Gasteiger partial charge in [0, 0.05) is 36.6 Å². The molecule has 0 saturated carbocycles. The fourth-order valence-electron chi connectivity index (χ4n) is 2.83. The van der Waals surface area contributed by atoms with E-state index < -0.39 is 0 Å². The average molecular weight is 258 g/mol. The van der Waals surface area contributed by atoms with Crippen LogP contribution in [-0.2, 0) is 6.54 Å². The summed E-state index contributed by atoms with van der Waals surface area (Å²) in [7, 11) is 0. The van der Waals surface area contributed by atoms with Gasteiger partial charge in [0.1, 0.15) is 11.3 Å². The molecule has 102 valence electrons. The van der Waals surface area contributed by atoms with Gasteiger partial charge >= 0.3 is 0 Å². The van der Waals surface area contributed by atoms with Gasteiger partial charge in [-0.2, -0.15) is 0 Å². The molecule has 3 nitrogen and oxygen atoms in total. The summed E-state index contributed by atoms with van der Waals surface area (Å²) in [5, 5.41) is 4.64. The number of hydrogen-bond acceptors (Lipinski definition) is 3. The van der Waals surface area contributed by atoms with Gasteiger partial charge in [0.05, 0.1) is 0 Å². The zero-order valence-electron chi connectivity index (χ0n) is 11.8. The van der Waals surface area contributed by atoms with Crippen LogP contribution in [0.5, 0.6) is 0 Å². The Morgan fingerprint density at radius 2 is 2.11 bits per heavy atom. The van der Waals surface area contributed by atoms with Gasteiger partial charge in [-0.25, -0.2) is 0 Å². The van der Waals surface area contributed by atoms with Gasteiger partial charge in [0.25, 0.3) is 0 Å². The van der Waals surface area contributed by atoms with E-state index in [-0.39, 0.29) is 0 Å². The zero-order chi connectivity index (χ0) is 13.2. The first-order chi connectivity index (χ1) is 9.29. The molecule has 0 atom stereocenters. The van der Waals surface area contributed by atoms with Crippen LogP contribution in [0.25, 0.3) is 11.0 Å². The Morgan fingerprint density at radius 3 is 2.79 bits per heavy atom. The van der Waals surface area contributed by atoms with Crippen LogP contribution < -0.4 is 5.32 Å². The predicted molar refractivity (Wildman–Crippen MR) is 78.3 cm³/mol. The summed E-state index contributed by atoms with van der Waals surface area (Å²) in [6.45, 7) is 8.73. The van der Waals surface area contributed by atoms with E-state index in [1.165, 1.54) is 17.4 Å². The highest BCUT2D eigenvalue weighted by Gasteiger charge is 2.25. The number of fused-ring (bicyclic) bond motifs is 1. The lowest BCUT2D eigenvalue weighted by molar-refractivity contribution is 0.137. The lowest BCUT2D eigenvalue weighted by Crippen LogP contribution is -2.57. The molecule has 0 radical (unpaired) electrons. The Kier molecular flexibility index (Phi) is 3.58. The monoisotopic (exact) mass is 258 g/mol. The molecule has 1 aromatic carbocycles. The highest BCUT2D eigenvalue weighted by atomic mass is 16.3. The molecule has 3 heteroatoms. The van der Waals surface area contributed by atoms with Crippen molar-refractivity contribution in [2.24, 2.45) is 0 Å². The highest BCUT2D eigenvalue weighted by Crippen LogP contribution is 2.27. The third-order valence-electron chi connectivity index (χ3n) is 4.05. The van der Waals surface area contributed by atoms with Crippen LogP contribution in [0.4, 0.5) is 0 Å². The van der Waals surface area contributed by atoms with E-state index in [1.54, 1.807) is 0 Å². The standard InChI is InChI=1S/C16H22N2O/c1-3-8-18(13-9-17-10-13)11-15-12(2)19-16-7-5-4-6-14(15)16/h4-7,13,17H,3,8-11H2,1-2H3. The van der Waals surface area contributed by atoms with Crippen molar-refractivity contribution in [2.45, 2.75) is 32.9 Å². The molecular formula is C16H22N2O. The fraction of sp³-hybridized carbons (Fsp3) is 0.500. The largest absolute Gasteiger partial charge is 0.461 e. The number of para-hydroxylation sites is 1. The number of hydrogen-bond donors (Lipinski definition) is 1. The van der Waals surface area contributed by atoms with E-state index in [0.29, 0.717) is 6.04 Å². The van der Waals surface area contributed by atoms with Crippen molar-refractivity contribution < 1.29 is 4.42 Å². The summed E-state index contributed by atoms with van der Waals surface area (Å²) in [5.74, 6) is 1.06. The van der Waals surface area contributed by atoms with Crippen molar-refractivity contribution in [3.63, 3.8) is 0 Å². The predicted octanol–water partition coefficient (Wildman–Crippen LogP) is 2.93. The molecule has 0 aliphatic carbocycles. The Hall–Kier alpha value is -1.32. The lowest BCUT2D eigenvalue weighted by atomic mass is 10.1. The summed E-state index contributed by atoms with van der Waals surface area (Å²) >= 11 is 0. The van der Waals surface area contributed by atoms with Crippen LogP contribution in [0, 0.1) is 6.92 Å². The SMILES string of the molecule is CCCN(Cc1c(C)oc2ccccc12)C1CNC1. The van der Waals surface area contributed by atoms with Crippen LogP contribution in [0.15, 0.2) is 28.7 Å². The smallest absolute Gasteiger partial charge is 0.134 e. The van der Waals surface area contributed by atoms with Crippen LogP contribution in [0.2, 0.25) is 0 Å². The Balaban J connectivity index is 1.88. The van der Waals surface area contributed by atoms with Crippen LogP contribution in [-0.4, -0.2) is 30.6 Å². The van der Waals surface area contributed by atoms with E-state index in [0.717, 1.165) is 37.5 Å². The Morgan fingerprint density at radius 1 is 1.32 bits per heavy atom. The highest BCUT2D eigenvalue weighted by molar-refractivity contribution is 5.82. The number of rotatable bonds is 5. The molecular weight excluding hydrogens is 236 g/mol. The maximum Gasteiger partial charge on any atom is 0.134 e. The minimum atomic E-state index is 0.688. The van der Waals surface area contributed by atoms with E-state index in [1.807, 2.05) is 6.07 Å². The van der Waals surface area contributed by atoms with Gasteiger partial charge in [0.15, 0.2) is 0 Å². The van der Waals surface area contributed by atoms with Crippen molar-refractivity contribution in [1.82, 2.24) is 10.2 Å². The molecule has 1 aliphatic heterocycles. The van der Waals surface area contributed by atoms with Gasteiger partial charge in [-0.1, -0.05) is 25.1 Å². The van der Waals surface area contributed by atoms with Crippen LogP contribution in [0.1, 0.15) is 24.7 Å². The second-order valence-electron chi connectivity index (χ2n) is 5.42. The van der Waals surface area contributed by atoms with E-state index in [9.17, 15) is 0 Å². The molecule has 1 fully saturated rings. The number of nitrogens with zero attached hydrogens (tertiary/aromatic N) is 1. The summed E-state index contributed by atoms with van der Waals surface area (Å²) in [4.78, 5) is 2.58. The van der Waals surface area contributed by atoms with Gasteiger partial charge in [0.2, 0.25) is 0 Å². The van der Waals surface area contributed by atoms with Gasteiger partial charge in [-0.3, -0.25) is 4.90 Å². The molecule has 1 N–H and O–H groups in total. The Labute approximate surface area is 114 Å². The second-order valence-corrected chi connectivity index (χ2v) is 5.42. The number of benzene rings is 1. The number of aryl methyl sites for hydroxylation is 1. The first-order valence-electron chi connectivity index (χ1n) is 7.21. The zero-order valence-corrected chi connectivity index (χ0v) is 11.8. The third-order valence-corrected chi connectivity index (χ3v) is 4.05. The molecule has 2 heterocycles. The minimum Gasteiger partial charge on any atom is -0.461 e. The molecule has 1 aromatic heterocycles. The van der Waals surface area contributed by atoms with E-state index >= 15 is 0 Å². The molecule has 2 aromatic rings. The van der Waals surface area contributed by atoms with Gasteiger partial charge in [-0.15, -0.1) is 0 Å². The van der Waals surface area contributed by atoms with E-state index in [2.05, 4.69) is 42.3 Å². The summed E-state index contributed by atoms with van der Waals surface area (Å²) in [6, 6.07) is 9.04. The first-order valence-corrected chi connectivity index (χ1v) is 7.21. The minimum absolute atomic E-state index is 0.688. The van der Waals surface area contributed by atoms with Crippen molar-refractivity contribution in [1.29, 1.82) is 0 Å².